The number of nitrogens with one attached hydrogen (secondary N) is 2. The maximum atomic E-state index is 12.2. The molecule has 0 bridgehead atoms. The normalized spacial score (nSPS) is 11.2. The van der Waals surface area contributed by atoms with Gasteiger partial charge in [-0.3, -0.25) is 14.4 Å². The van der Waals surface area contributed by atoms with Gasteiger partial charge in [-0.1, -0.05) is 31.2 Å². The second-order valence-corrected chi connectivity index (χ2v) is 6.05. The molecule has 7 heteroatoms. The summed E-state index contributed by atoms with van der Waals surface area (Å²) in [7, 11) is 1.45. The third-order valence-corrected chi connectivity index (χ3v) is 4.05. The maximum absolute atomic E-state index is 12.2. The molecule has 2 rings (SSSR count). The lowest BCUT2D eigenvalue weighted by atomic mass is 10.1. The van der Waals surface area contributed by atoms with Crippen LogP contribution in [-0.2, 0) is 20.7 Å². The molecule has 0 saturated heterocycles. The van der Waals surface area contributed by atoms with Crippen LogP contribution >= 0.6 is 0 Å². The minimum Gasteiger partial charge on any atom is -0.496 e. The van der Waals surface area contributed by atoms with Gasteiger partial charge in [0.2, 0.25) is 0 Å². The van der Waals surface area contributed by atoms with Gasteiger partial charge in [-0.15, -0.1) is 0 Å². The largest absolute Gasteiger partial charge is 0.496 e. The molecule has 28 heavy (non-hydrogen) atoms. The number of carbonyl (C=O) groups excluding carboxylic acids is 3. The fourth-order valence-electron chi connectivity index (χ4n) is 2.44. The Kier molecular flexibility index (Phi) is 7.56. The van der Waals surface area contributed by atoms with Gasteiger partial charge in [0.1, 0.15) is 12.3 Å². The van der Waals surface area contributed by atoms with Crippen molar-refractivity contribution < 1.29 is 23.9 Å². The summed E-state index contributed by atoms with van der Waals surface area (Å²) in [5, 5.41) is 5.14. The Morgan fingerprint density at radius 3 is 2.36 bits per heavy atom. The van der Waals surface area contributed by atoms with Crippen molar-refractivity contribution in [2.45, 2.75) is 26.4 Å². The predicted molar refractivity (Wildman–Crippen MR) is 105 cm³/mol. The first-order chi connectivity index (χ1) is 13.4. The number of rotatable bonds is 8. The highest BCUT2D eigenvalue weighted by Gasteiger charge is 2.19. The second-order valence-electron chi connectivity index (χ2n) is 6.05. The van der Waals surface area contributed by atoms with E-state index in [9.17, 15) is 14.4 Å². The van der Waals surface area contributed by atoms with Crippen molar-refractivity contribution in [2.75, 3.05) is 19.0 Å². The van der Waals surface area contributed by atoms with Crippen LogP contribution in [0, 0.1) is 0 Å². The van der Waals surface area contributed by atoms with Gasteiger partial charge in [-0.2, -0.15) is 0 Å². The molecule has 0 heterocycles. The minimum absolute atomic E-state index is 0.305. The van der Waals surface area contributed by atoms with E-state index in [-0.39, 0.29) is 6.54 Å². The molecule has 148 valence electrons. The van der Waals surface area contributed by atoms with Crippen LogP contribution in [-0.4, -0.2) is 37.5 Å². The van der Waals surface area contributed by atoms with E-state index < -0.39 is 23.9 Å². The molecule has 2 N–H and O–H groups in total. The number of anilines is 1. The van der Waals surface area contributed by atoms with E-state index in [1.54, 1.807) is 36.4 Å². The molecule has 0 fully saturated rings. The Labute approximate surface area is 164 Å². The monoisotopic (exact) mass is 384 g/mol. The van der Waals surface area contributed by atoms with Crippen LogP contribution in [0.5, 0.6) is 5.75 Å². The number of esters is 1. The van der Waals surface area contributed by atoms with Gasteiger partial charge in [0.05, 0.1) is 12.7 Å². The summed E-state index contributed by atoms with van der Waals surface area (Å²) in [6.45, 7) is 3.15. The summed E-state index contributed by atoms with van der Waals surface area (Å²) in [4.78, 5) is 36.3. The fraction of sp³-hybridized carbons (Fsp3) is 0.286. The number of para-hydroxylation sites is 1. The summed E-state index contributed by atoms with van der Waals surface area (Å²) in [6, 6.07) is 14.1. The number of hydrogen-bond acceptors (Lipinski definition) is 5. The van der Waals surface area contributed by atoms with Crippen LogP contribution in [0.15, 0.2) is 48.5 Å². The van der Waals surface area contributed by atoms with E-state index in [4.69, 9.17) is 9.47 Å². The summed E-state index contributed by atoms with van der Waals surface area (Å²) in [5.41, 5.74) is 2.08. The highest BCUT2D eigenvalue weighted by Crippen LogP contribution is 2.16. The van der Waals surface area contributed by atoms with Gasteiger partial charge in [0.15, 0.2) is 6.10 Å². The third kappa shape index (κ3) is 5.84. The summed E-state index contributed by atoms with van der Waals surface area (Å²) in [6.07, 6.45) is -0.0930. The molecular formula is C21H24N2O5. The van der Waals surface area contributed by atoms with Crippen LogP contribution in [0.1, 0.15) is 29.8 Å². The lowest BCUT2D eigenvalue weighted by Gasteiger charge is -2.14. The Morgan fingerprint density at radius 1 is 1.04 bits per heavy atom. The highest BCUT2D eigenvalue weighted by atomic mass is 16.5. The zero-order valence-electron chi connectivity index (χ0n) is 16.2. The molecule has 1 unspecified atom stereocenters. The van der Waals surface area contributed by atoms with Crippen LogP contribution in [0.3, 0.4) is 0 Å². The van der Waals surface area contributed by atoms with Crippen LogP contribution < -0.4 is 15.4 Å². The Balaban J connectivity index is 1.82. The summed E-state index contributed by atoms with van der Waals surface area (Å²) in [5.74, 6) is -1.24. The molecule has 0 radical (unpaired) electrons. The minimum atomic E-state index is -0.999. The van der Waals surface area contributed by atoms with Crippen molar-refractivity contribution in [1.29, 1.82) is 0 Å². The number of benzene rings is 2. The molecule has 7 nitrogen and oxygen atoms in total. The zero-order chi connectivity index (χ0) is 20.5. The Bertz CT molecular complexity index is 833. The van der Waals surface area contributed by atoms with Gasteiger partial charge in [-0.25, -0.2) is 0 Å². The zero-order valence-corrected chi connectivity index (χ0v) is 16.2. The molecule has 1 atom stereocenters. The lowest BCUT2D eigenvalue weighted by Crippen LogP contribution is -2.35. The predicted octanol–water partition coefficient (Wildman–Crippen LogP) is 2.56. The van der Waals surface area contributed by atoms with Crippen molar-refractivity contribution in [2.24, 2.45) is 0 Å². The van der Waals surface area contributed by atoms with E-state index in [0.29, 0.717) is 17.0 Å². The molecule has 0 spiro atoms. The number of methoxy groups -OCH3 is 1. The summed E-state index contributed by atoms with van der Waals surface area (Å²) >= 11 is 0. The number of aryl methyl sites for hydroxylation is 1. The molecule has 2 aromatic carbocycles. The smallest absolute Gasteiger partial charge is 0.326 e. The van der Waals surface area contributed by atoms with E-state index in [0.717, 1.165) is 12.0 Å². The van der Waals surface area contributed by atoms with Crippen molar-refractivity contribution in [3.63, 3.8) is 0 Å². The first kappa shape index (κ1) is 21.0. The van der Waals surface area contributed by atoms with Crippen LogP contribution in [0.25, 0.3) is 0 Å². The van der Waals surface area contributed by atoms with Crippen LogP contribution in [0.4, 0.5) is 5.69 Å². The van der Waals surface area contributed by atoms with Gasteiger partial charge in [0, 0.05) is 5.69 Å². The molecule has 2 aromatic rings. The van der Waals surface area contributed by atoms with Crippen LogP contribution in [0.2, 0.25) is 0 Å². The van der Waals surface area contributed by atoms with E-state index in [1.165, 1.54) is 14.0 Å². The molecule has 0 aliphatic rings. The molecule has 0 aliphatic carbocycles. The molecule has 0 saturated carbocycles. The third-order valence-electron chi connectivity index (χ3n) is 4.05. The Hall–Kier alpha value is -3.35. The van der Waals surface area contributed by atoms with E-state index >= 15 is 0 Å². The molecular weight excluding hydrogens is 360 g/mol. The van der Waals surface area contributed by atoms with Crippen molar-refractivity contribution in [3.8, 4) is 5.75 Å². The number of amides is 2. The van der Waals surface area contributed by atoms with Gasteiger partial charge < -0.3 is 20.1 Å². The van der Waals surface area contributed by atoms with E-state index in [1.807, 2.05) is 19.1 Å². The van der Waals surface area contributed by atoms with Crippen molar-refractivity contribution in [3.05, 3.63) is 59.7 Å². The van der Waals surface area contributed by atoms with Gasteiger partial charge in [0.25, 0.3) is 11.8 Å². The molecule has 0 aliphatic heterocycles. The van der Waals surface area contributed by atoms with Crippen molar-refractivity contribution >= 4 is 23.5 Å². The van der Waals surface area contributed by atoms with Gasteiger partial charge >= 0.3 is 5.97 Å². The lowest BCUT2D eigenvalue weighted by molar-refractivity contribution is -0.152. The average molecular weight is 384 g/mol. The molecule has 2 amide bonds. The van der Waals surface area contributed by atoms with E-state index in [2.05, 4.69) is 10.6 Å². The quantitative estimate of drug-likeness (QED) is 0.682. The van der Waals surface area contributed by atoms with Gasteiger partial charge in [-0.05, 0) is 43.2 Å². The standard InChI is InChI=1S/C21H24N2O5/c1-4-15-9-11-16(12-10-15)23-20(25)14(2)28-19(24)13-22-21(26)17-7-5-6-8-18(17)27-3/h5-12,14H,4,13H2,1-3H3,(H,22,26)(H,23,25). The first-order valence-electron chi connectivity index (χ1n) is 8.95. The molecule has 0 aromatic heterocycles. The number of carbonyl (C=O) groups is 3. The topological polar surface area (TPSA) is 93.7 Å². The number of ether oxygens (including phenoxy) is 2. The highest BCUT2D eigenvalue weighted by molar-refractivity contribution is 5.99. The fourth-order valence-corrected chi connectivity index (χ4v) is 2.44. The SMILES string of the molecule is CCc1ccc(NC(=O)C(C)OC(=O)CNC(=O)c2ccccc2OC)cc1. The summed E-state index contributed by atoms with van der Waals surface area (Å²) < 4.78 is 10.2. The first-order valence-corrected chi connectivity index (χ1v) is 8.95. The second kappa shape index (κ2) is 10.1. The number of hydrogen-bond donors (Lipinski definition) is 2. The average Bonchev–Trinajstić information content (AvgIpc) is 2.72. The maximum Gasteiger partial charge on any atom is 0.326 e. The Morgan fingerprint density at radius 2 is 1.71 bits per heavy atom. The van der Waals surface area contributed by atoms with Crippen molar-refractivity contribution in [1.82, 2.24) is 5.32 Å².